The smallest absolute Gasteiger partial charge is 0.224 e. The molecule has 2 saturated heterocycles. The number of likely N-dealkylation sites (tertiary alicyclic amines) is 1. The first-order valence-electron chi connectivity index (χ1n) is 11.3. The third kappa shape index (κ3) is 6.60. The molecule has 2 heterocycles. The number of benzene rings is 2. The van der Waals surface area contributed by atoms with E-state index in [1.54, 1.807) is 0 Å². The van der Waals surface area contributed by atoms with Crippen LogP contribution in [0.1, 0.15) is 29.5 Å². The maximum Gasteiger partial charge on any atom is 0.224 e. The number of halogens is 1. The average molecular weight is 426 g/mol. The Balaban J connectivity index is 1.22. The SMILES string of the molecule is O=C(NCc1ccc(CN2CCOCC2)cc1)[C@@H]1CCCN(Cc2ccc(F)cc2)C1. The Morgan fingerprint density at radius 3 is 2.23 bits per heavy atom. The van der Waals surface area contributed by atoms with Crippen LogP contribution in [0, 0.1) is 11.7 Å². The van der Waals surface area contributed by atoms with E-state index >= 15 is 0 Å². The highest BCUT2D eigenvalue weighted by molar-refractivity contribution is 5.79. The van der Waals surface area contributed by atoms with Crippen LogP contribution in [0.3, 0.4) is 0 Å². The molecule has 0 aromatic heterocycles. The minimum absolute atomic E-state index is 0.00907. The van der Waals surface area contributed by atoms with E-state index in [9.17, 15) is 9.18 Å². The molecule has 1 amide bonds. The number of amides is 1. The molecule has 1 N–H and O–H groups in total. The zero-order valence-electron chi connectivity index (χ0n) is 18.1. The van der Waals surface area contributed by atoms with Gasteiger partial charge in [-0.3, -0.25) is 14.6 Å². The first-order valence-corrected chi connectivity index (χ1v) is 11.3. The van der Waals surface area contributed by atoms with Gasteiger partial charge in [0.15, 0.2) is 0 Å². The zero-order valence-corrected chi connectivity index (χ0v) is 18.1. The van der Waals surface area contributed by atoms with Crippen molar-refractivity contribution in [2.75, 3.05) is 39.4 Å². The van der Waals surface area contributed by atoms with Gasteiger partial charge in [0.2, 0.25) is 5.91 Å². The van der Waals surface area contributed by atoms with Crippen LogP contribution in [0.4, 0.5) is 4.39 Å². The summed E-state index contributed by atoms with van der Waals surface area (Å²) in [7, 11) is 0. The van der Waals surface area contributed by atoms with Crippen molar-refractivity contribution in [2.24, 2.45) is 5.92 Å². The van der Waals surface area contributed by atoms with Gasteiger partial charge in [-0.15, -0.1) is 0 Å². The second kappa shape index (κ2) is 10.8. The highest BCUT2D eigenvalue weighted by atomic mass is 19.1. The Bertz CT molecular complexity index is 835. The predicted octanol–water partition coefficient (Wildman–Crippen LogP) is 3.19. The first-order chi connectivity index (χ1) is 15.2. The molecule has 0 unspecified atom stereocenters. The Hall–Kier alpha value is -2.28. The van der Waals surface area contributed by atoms with Crippen molar-refractivity contribution >= 4 is 5.91 Å². The van der Waals surface area contributed by atoms with E-state index < -0.39 is 0 Å². The van der Waals surface area contributed by atoms with Crippen LogP contribution in [0.25, 0.3) is 0 Å². The standard InChI is InChI=1S/C25H32FN3O2/c26-24-9-7-22(8-10-24)18-29-11-1-2-23(19-29)25(30)27-16-20-3-5-21(6-4-20)17-28-12-14-31-15-13-28/h3-10,23H,1-2,11-19H2,(H,27,30)/t23-/m1/s1. The topological polar surface area (TPSA) is 44.8 Å². The quantitative estimate of drug-likeness (QED) is 0.740. The van der Waals surface area contributed by atoms with Crippen molar-refractivity contribution in [2.45, 2.75) is 32.5 Å². The maximum atomic E-state index is 13.1. The Morgan fingerprint density at radius 1 is 0.903 bits per heavy atom. The first kappa shape index (κ1) is 21.9. The molecule has 0 bridgehead atoms. The molecule has 166 valence electrons. The zero-order chi connectivity index (χ0) is 21.5. The molecule has 0 aliphatic carbocycles. The van der Waals surface area contributed by atoms with E-state index in [0.717, 1.165) is 76.5 Å². The lowest BCUT2D eigenvalue weighted by molar-refractivity contribution is -0.126. The Morgan fingerprint density at radius 2 is 1.52 bits per heavy atom. The predicted molar refractivity (Wildman–Crippen MR) is 119 cm³/mol. The highest BCUT2D eigenvalue weighted by Gasteiger charge is 2.25. The monoisotopic (exact) mass is 425 g/mol. The number of carbonyl (C=O) groups excluding carboxylic acids is 1. The average Bonchev–Trinajstić information content (AvgIpc) is 2.81. The van der Waals surface area contributed by atoms with Crippen LogP contribution in [0.2, 0.25) is 0 Å². The lowest BCUT2D eigenvalue weighted by atomic mass is 9.96. The van der Waals surface area contributed by atoms with Gasteiger partial charge >= 0.3 is 0 Å². The fourth-order valence-electron chi connectivity index (χ4n) is 4.37. The number of hydrogen-bond acceptors (Lipinski definition) is 4. The van der Waals surface area contributed by atoms with E-state index in [2.05, 4.69) is 39.4 Å². The van der Waals surface area contributed by atoms with E-state index in [4.69, 9.17) is 4.74 Å². The molecule has 2 aliphatic heterocycles. The van der Waals surface area contributed by atoms with E-state index in [-0.39, 0.29) is 17.6 Å². The fourth-order valence-corrected chi connectivity index (χ4v) is 4.37. The van der Waals surface area contributed by atoms with Crippen molar-refractivity contribution in [3.8, 4) is 0 Å². The molecule has 1 atom stereocenters. The van der Waals surface area contributed by atoms with Crippen LogP contribution in [-0.4, -0.2) is 55.1 Å². The molecule has 31 heavy (non-hydrogen) atoms. The summed E-state index contributed by atoms with van der Waals surface area (Å²) >= 11 is 0. The van der Waals surface area contributed by atoms with Gasteiger partial charge in [0.25, 0.3) is 0 Å². The van der Waals surface area contributed by atoms with Crippen molar-refractivity contribution in [3.63, 3.8) is 0 Å². The van der Waals surface area contributed by atoms with Crippen LogP contribution < -0.4 is 5.32 Å². The molecule has 0 saturated carbocycles. The number of hydrogen-bond donors (Lipinski definition) is 1. The summed E-state index contributed by atoms with van der Waals surface area (Å²) in [6, 6.07) is 15.2. The molecule has 2 aliphatic rings. The summed E-state index contributed by atoms with van der Waals surface area (Å²) in [4.78, 5) is 17.4. The molecular weight excluding hydrogens is 393 g/mol. The van der Waals surface area contributed by atoms with Gasteiger partial charge in [0.05, 0.1) is 19.1 Å². The van der Waals surface area contributed by atoms with Gasteiger partial charge in [-0.1, -0.05) is 36.4 Å². The van der Waals surface area contributed by atoms with Crippen molar-refractivity contribution in [1.29, 1.82) is 0 Å². The van der Waals surface area contributed by atoms with Crippen LogP contribution in [0.15, 0.2) is 48.5 Å². The number of morpholine rings is 1. The second-order valence-corrected chi connectivity index (χ2v) is 8.62. The number of nitrogens with zero attached hydrogens (tertiary/aromatic N) is 2. The molecule has 0 radical (unpaired) electrons. The molecule has 0 spiro atoms. The molecule has 6 heteroatoms. The van der Waals surface area contributed by atoms with Crippen LogP contribution >= 0.6 is 0 Å². The van der Waals surface area contributed by atoms with Gasteiger partial charge in [-0.25, -0.2) is 4.39 Å². The minimum atomic E-state index is -0.214. The summed E-state index contributed by atoms with van der Waals surface area (Å²) in [5.41, 5.74) is 3.50. The van der Waals surface area contributed by atoms with Crippen molar-refractivity contribution in [1.82, 2.24) is 15.1 Å². The largest absolute Gasteiger partial charge is 0.379 e. The molecule has 5 nitrogen and oxygen atoms in total. The minimum Gasteiger partial charge on any atom is -0.379 e. The third-order valence-corrected chi connectivity index (χ3v) is 6.20. The Kier molecular flexibility index (Phi) is 7.67. The third-order valence-electron chi connectivity index (χ3n) is 6.20. The maximum absolute atomic E-state index is 13.1. The van der Waals surface area contributed by atoms with E-state index in [0.29, 0.717) is 6.54 Å². The molecule has 2 aromatic carbocycles. The summed E-state index contributed by atoms with van der Waals surface area (Å²) in [6.07, 6.45) is 1.93. The second-order valence-electron chi connectivity index (χ2n) is 8.62. The summed E-state index contributed by atoms with van der Waals surface area (Å²) in [6.45, 7) is 7.59. The number of carbonyl (C=O) groups is 1. The lowest BCUT2D eigenvalue weighted by Gasteiger charge is -2.32. The number of ether oxygens (including phenoxy) is 1. The van der Waals surface area contributed by atoms with Gasteiger partial charge < -0.3 is 10.1 Å². The summed E-state index contributed by atoms with van der Waals surface area (Å²) in [5, 5.41) is 3.12. The lowest BCUT2D eigenvalue weighted by Crippen LogP contribution is -2.42. The van der Waals surface area contributed by atoms with Crippen molar-refractivity contribution in [3.05, 3.63) is 71.0 Å². The number of nitrogens with one attached hydrogen (secondary N) is 1. The molecule has 4 rings (SSSR count). The van der Waals surface area contributed by atoms with Gasteiger partial charge in [0.1, 0.15) is 5.82 Å². The van der Waals surface area contributed by atoms with Crippen LogP contribution in [0.5, 0.6) is 0 Å². The number of rotatable bonds is 7. The summed E-state index contributed by atoms with van der Waals surface area (Å²) in [5.74, 6) is -0.0789. The Labute approximate surface area is 184 Å². The fraction of sp³-hybridized carbons (Fsp3) is 0.480. The number of piperidine rings is 1. The van der Waals surface area contributed by atoms with Gasteiger partial charge in [0, 0.05) is 39.3 Å². The summed E-state index contributed by atoms with van der Waals surface area (Å²) < 4.78 is 18.5. The van der Waals surface area contributed by atoms with E-state index in [1.807, 2.05) is 12.1 Å². The van der Waals surface area contributed by atoms with Crippen molar-refractivity contribution < 1.29 is 13.9 Å². The van der Waals surface area contributed by atoms with E-state index in [1.165, 1.54) is 17.7 Å². The molecule has 2 fully saturated rings. The van der Waals surface area contributed by atoms with Gasteiger partial charge in [-0.05, 0) is 48.2 Å². The van der Waals surface area contributed by atoms with Gasteiger partial charge in [-0.2, -0.15) is 0 Å². The molecular formula is C25H32FN3O2. The normalized spacial score (nSPS) is 20.5. The highest BCUT2D eigenvalue weighted by Crippen LogP contribution is 2.19. The molecule has 2 aromatic rings. The van der Waals surface area contributed by atoms with Crippen LogP contribution in [-0.2, 0) is 29.2 Å².